The SMILES string of the molecule is Cc1ccsc1CNC(=O)C1=NN(c2ccccc2)C(C(N)=O)C1. The van der Waals surface area contributed by atoms with Crippen LogP contribution < -0.4 is 16.1 Å². The number of carbonyl (C=O) groups is 2. The second-order valence-corrected chi connectivity index (χ2v) is 6.56. The molecule has 0 bridgehead atoms. The fraction of sp³-hybridized carbons (Fsp3) is 0.235. The van der Waals surface area contributed by atoms with Crippen molar-refractivity contribution in [3.05, 3.63) is 52.2 Å². The van der Waals surface area contributed by atoms with Crippen molar-refractivity contribution in [2.45, 2.75) is 25.9 Å². The van der Waals surface area contributed by atoms with Crippen molar-refractivity contribution in [1.29, 1.82) is 0 Å². The Kier molecular flexibility index (Phi) is 4.61. The Labute approximate surface area is 144 Å². The third kappa shape index (κ3) is 3.30. The van der Waals surface area contributed by atoms with Crippen LogP contribution in [-0.2, 0) is 16.1 Å². The highest BCUT2D eigenvalue weighted by atomic mass is 32.1. The first-order valence-corrected chi connectivity index (χ1v) is 8.46. The molecule has 0 saturated heterocycles. The molecule has 0 spiro atoms. The third-order valence-electron chi connectivity index (χ3n) is 3.90. The lowest BCUT2D eigenvalue weighted by molar-refractivity contribution is -0.119. The van der Waals surface area contributed by atoms with Crippen molar-refractivity contribution in [3.8, 4) is 0 Å². The zero-order valence-corrected chi connectivity index (χ0v) is 14.0. The Morgan fingerprint density at radius 2 is 2.08 bits per heavy atom. The number of hydrazone groups is 1. The Morgan fingerprint density at radius 3 is 2.71 bits per heavy atom. The Balaban J connectivity index is 1.74. The highest BCUT2D eigenvalue weighted by Gasteiger charge is 2.34. The van der Waals surface area contributed by atoms with Gasteiger partial charge in [-0.25, -0.2) is 0 Å². The number of primary amides is 1. The smallest absolute Gasteiger partial charge is 0.267 e. The van der Waals surface area contributed by atoms with Crippen LogP contribution in [-0.4, -0.2) is 23.6 Å². The van der Waals surface area contributed by atoms with Gasteiger partial charge in [0.05, 0.1) is 12.2 Å². The standard InChI is InChI=1S/C17H18N4O2S/c1-11-7-8-24-15(11)10-19-17(23)13-9-14(16(18)22)21(20-13)12-5-3-2-4-6-12/h2-8,14H,9-10H2,1H3,(H2,18,22)(H,19,23). The van der Waals surface area contributed by atoms with Gasteiger partial charge in [0.2, 0.25) is 5.91 Å². The van der Waals surface area contributed by atoms with Crippen LogP contribution in [0.25, 0.3) is 0 Å². The molecule has 24 heavy (non-hydrogen) atoms. The largest absolute Gasteiger partial charge is 0.368 e. The summed E-state index contributed by atoms with van der Waals surface area (Å²) in [6.45, 7) is 2.46. The minimum absolute atomic E-state index is 0.208. The van der Waals surface area contributed by atoms with Crippen LogP contribution in [0.1, 0.15) is 16.9 Å². The first kappa shape index (κ1) is 16.2. The van der Waals surface area contributed by atoms with Gasteiger partial charge in [-0.15, -0.1) is 11.3 Å². The minimum Gasteiger partial charge on any atom is -0.368 e. The normalized spacial score (nSPS) is 16.8. The van der Waals surface area contributed by atoms with E-state index in [4.69, 9.17) is 5.73 Å². The molecule has 1 unspecified atom stereocenters. The van der Waals surface area contributed by atoms with Crippen LogP contribution in [0.2, 0.25) is 0 Å². The fourth-order valence-electron chi connectivity index (χ4n) is 2.54. The molecule has 1 aliphatic rings. The number of anilines is 1. The summed E-state index contributed by atoms with van der Waals surface area (Å²) in [5.41, 5.74) is 7.67. The number of thiophene rings is 1. The summed E-state index contributed by atoms with van der Waals surface area (Å²) in [7, 11) is 0. The highest BCUT2D eigenvalue weighted by Crippen LogP contribution is 2.24. The summed E-state index contributed by atoms with van der Waals surface area (Å²) >= 11 is 1.60. The summed E-state index contributed by atoms with van der Waals surface area (Å²) in [6.07, 6.45) is 0.208. The molecule has 2 heterocycles. The summed E-state index contributed by atoms with van der Waals surface area (Å²) in [4.78, 5) is 25.2. The quantitative estimate of drug-likeness (QED) is 0.868. The van der Waals surface area contributed by atoms with E-state index in [1.54, 1.807) is 11.3 Å². The lowest BCUT2D eigenvalue weighted by Gasteiger charge is -2.20. The van der Waals surface area contributed by atoms with Crippen molar-refractivity contribution in [2.24, 2.45) is 10.8 Å². The van der Waals surface area contributed by atoms with Gasteiger partial charge < -0.3 is 11.1 Å². The van der Waals surface area contributed by atoms with E-state index in [0.717, 1.165) is 16.1 Å². The average Bonchev–Trinajstić information content (AvgIpc) is 3.20. The predicted octanol–water partition coefficient (Wildman–Crippen LogP) is 1.79. The number of nitrogens with one attached hydrogen (secondary N) is 1. The van der Waals surface area contributed by atoms with Gasteiger partial charge in [0, 0.05) is 11.3 Å². The third-order valence-corrected chi connectivity index (χ3v) is 4.92. The zero-order chi connectivity index (χ0) is 17.1. The Morgan fingerprint density at radius 1 is 1.33 bits per heavy atom. The number of hydrogen-bond donors (Lipinski definition) is 2. The topological polar surface area (TPSA) is 87.8 Å². The molecule has 1 aliphatic heterocycles. The van der Waals surface area contributed by atoms with Gasteiger partial charge in [-0.05, 0) is 36.1 Å². The van der Waals surface area contributed by atoms with E-state index in [1.807, 2.05) is 48.7 Å². The molecule has 1 aromatic carbocycles. The molecule has 7 heteroatoms. The van der Waals surface area contributed by atoms with Gasteiger partial charge in [-0.3, -0.25) is 14.6 Å². The lowest BCUT2D eigenvalue weighted by Crippen LogP contribution is -2.39. The minimum atomic E-state index is -0.642. The summed E-state index contributed by atoms with van der Waals surface area (Å²) in [6, 6.07) is 10.6. The molecule has 2 amide bonds. The second kappa shape index (κ2) is 6.84. The molecule has 124 valence electrons. The van der Waals surface area contributed by atoms with E-state index < -0.39 is 11.9 Å². The number of carbonyl (C=O) groups excluding carboxylic acids is 2. The summed E-state index contributed by atoms with van der Waals surface area (Å²) in [5, 5.41) is 10.7. The Hall–Kier alpha value is -2.67. The molecule has 6 nitrogen and oxygen atoms in total. The molecule has 3 N–H and O–H groups in total. The van der Waals surface area contributed by atoms with E-state index in [1.165, 1.54) is 5.01 Å². The number of hydrogen-bond acceptors (Lipinski definition) is 5. The highest BCUT2D eigenvalue weighted by molar-refractivity contribution is 7.10. The van der Waals surface area contributed by atoms with Gasteiger partial charge in [0.25, 0.3) is 5.91 Å². The lowest BCUT2D eigenvalue weighted by atomic mass is 10.1. The van der Waals surface area contributed by atoms with E-state index in [2.05, 4.69) is 10.4 Å². The number of benzene rings is 1. The predicted molar refractivity (Wildman–Crippen MR) is 94.9 cm³/mol. The first-order valence-electron chi connectivity index (χ1n) is 7.58. The molecule has 2 aromatic rings. The van der Waals surface area contributed by atoms with E-state index in [9.17, 15) is 9.59 Å². The molecular formula is C17H18N4O2S. The first-order chi connectivity index (χ1) is 11.6. The molecule has 0 saturated carbocycles. The van der Waals surface area contributed by atoms with Crippen molar-refractivity contribution in [2.75, 3.05) is 5.01 Å². The van der Waals surface area contributed by atoms with Crippen molar-refractivity contribution in [1.82, 2.24) is 5.32 Å². The van der Waals surface area contributed by atoms with Gasteiger partial charge in [-0.2, -0.15) is 5.10 Å². The summed E-state index contributed by atoms with van der Waals surface area (Å²) in [5.74, 6) is -0.771. The number of para-hydroxylation sites is 1. The van der Waals surface area contributed by atoms with Crippen molar-refractivity contribution in [3.63, 3.8) is 0 Å². The molecule has 0 radical (unpaired) electrons. The van der Waals surface area contributed by atoms with Crippen LogP contribution in [0.4, 0.5) is 5.69 Å². The Bertz CT molecular complexity index is 785. The number of nitrogens with two attached hydrogens (primary N) is 1. The number of amides is 2. The number of aryl methyl sites for hydroxylation is 1. The fourth-order valence-corrected chi connectivity index (χ4v) is 3.38. The van der Waals surface area contributed by atoms with Crippen LogP contribution in [0.15, 0.2) is 46.9 Å². The van der Waals surface area contributed by atoms with Gasteiger partial charge in [0.15, 0.2) is 0 Å². The maximum Gasteiger partial charge on any atom is 0.267 e. The van der Waals surface area contributed by atoms with E-state index in [0.29, 0.717) is 12.3 Å². The molecule has 1 atom stereocenters. The second-order valence-electron chi connectivity index (χ2n) is 5.56. The molecule has 3 rings (SSSR count). The van der Waals surface area contributed by atoms with E-state index in [-0.39, 0.29) is 12.3 Å². The van der Waals surface area contributed by atoms with Crippen LogP contribution in [0, 0.1) is 6.92 Å². The molecule has 0 aliphatic carbocycles. The number of rotatable bonds is 5. The maximum atomic E-state index is 12.4. The van der Waals surface area contributed by atoms with E-state index >= 15 is 0 Å². The van der Waals surface area contributed by atoms with Crippen molar-refractivity contribution >= 4 is 34.6 Å². The maximum absolute atomic E-state index is 12.4. The average molecular weight is 342 g/mol. The number of nitrogens with zero attached hydrogens (tertiary/aromatic N) is 2. The monoisotopic (exact) mass is 342 g/mol. The molecular weight excluding hydrogens is 324 g/mol. The van der Waals surface area contributed by atoms with Gasteiger partial charge in [0.1, 0.15) is 11.8 Å². The van der Waals surface area contributed by atoms with Crippen LogP contribution in [0.3, 0.4) is 0 Å². The van der Waals surface area contributed by atoms with Gasteiger partial charge >= 0.3 is 0 Å². The molecule has 1 aromatic heterocycles. The zero-order valence-electron chi connectivity index (χ0n) is 13.2. The van der Waals surface area contributed by atoms with Crippen LogP contribution in [0.5, 0.6) is 0 Å². The van der Waals surface area contributed by atoms with Crippen LogP contribution >= 0.6 is 11.3 Å². The van der Waals surface area contributed by atoms with Crippen molar-refractivity contribution < 1.29 is 9.59 Å². The molecule has 0 fully saturated rings. The van der Waals surface area contributed by atoms with Gasteiger partial charge in [-0.1, -0.05) is 18.2 Å². The summed E-state index contributed by atoms with van der Waals surface area (Å²) < 4.78 is 0.